The lowest BCUT2D eigenvalue weighted by molar-refractivity contribution is -0.138. The zero-order valence-corrected chi connectivity index (χ0v) is 9.44. The number of H-pyrrole nitrogens is 1. The molecule has 0 bridgehead atoms. The molecular formula is C10H15N3O3. The van der Waals surface area contributed by atoms with Gasteiger partial charge in [0.15, 0.2) is 0 Å². The van der Waals surface area contributed by atoms with Crippen molar-refractivity contribution in [2.75, 3.05) is 5.32 Å². The summed E-state index contributed by atoms with van der Waals surface area (Å²) < 4.78 is 0. The Balaban J connectivity index is 2.93. The molecule has 1 aromatic rings. The third-order valence-corrected chi connectivity index (χ3v) is 2.10. The predicted octanol–water partition coefficient (Wildman–Crippen LogP) is 0.599. The quantitative estimate of drug-likeness (QED) is 0.697. The maximum atomic E-state index is 11.1. The standard InChI is InChI=1S/C10H15N3O3/c1-5(2)9(10(15)16)13-7-4-8(14)12-6(3)11-7/h4-5,9H,1-3H3,(H,15,16)(H2,11,12,13,14). The van der Waals surface area contributed by atoms with E-state index in [-0.39, 0.29) is 17.3 Å². The molecule has 1 unspecified atom stereocenters. The largest absolute Gasteiger partial charge is 0.480 e. The molecule has 0 aliphatic rings. The summed E-state index contributed by atoms with van der Waals surface area (Å²) in [6.45, 7) is 5.20. The van der Waals surface area contributed by atoms with Gasteiger partial charge < -0.3 is 15.4 Å². The number of anilines is 1. The molecule has 1 heterocycles. The van der Waals surface area contributed by atoms with Crippen LogP contribution in [0, 0.1) is 12.8 Å². The van der Waals surface area contributed by atoms with Crippen LogP contribution in [0.25, 0.3) is 0 Å². The minimum atomic E-state index is -0.963. The summed E-state index contributed by atoms with van der Waals surface area (Å²) in [6, 6.07) is 0.486. The van der Waals surface area contributed by atoms with Crippen molar-refractivity contribution in [2.45, 2.75) is 26.8 Å². The molecule has 0 radical (unpaired) electrons. The van der Waals surface area contributed by atoms with Crippen LogP contribution >= 0.6 is 0 Å². The maximum absolute atomic E-state index is 11.1. The molecule has 0 amide bonds. The van der Waals surface area contributed by atoms with Crippen molar-refractivity contribution in [1.82, 2.24) is 9.97 Å². The number of aromatic nitrogens is 2. The molecule has 0 aromatic carbocycles. The second kappa shape index (κ2) is 4.78. The lowest BCUT2D eigenvalue weighted by atomic mass is 10.1. The average molecular weight is 225 g/mol. The molecule has 1 atom stereocenters. The van der Waals surface area contributed by atoms with Crippen LogP contribution in [-0.4, -0.2) is 27.1 Å². The van der Waals surface area contributed by atoms with Gasteiger partial charge >= 0.3 is 5.97 Å². The Bertz CT molecular complexity index is 439. The van der Waals surface area contributed by atoms with E-state index in [4.69, 9.17) is 5.11 Å². The normalized spacial score (nSPS) is 12.5. The summed E-state index contributed by atoms with van der Waals surface area (Å²) in [4.78, 5) is 28.6. The molecule has 0 fully saturated rings. The van der Waals surface area contributed by atoms with Gasteiger partial charge in [-0.2, -0.15) is 0 Å². The first-order valence-electron chi connectivity index (χ1n) is 4.97. The van der Waals surface area contributed by atoms with Crippen molar-refractivity contribution in [1.29, 1.82) is 0 Å². The van der Waals surface area contributed by atoms with E-state index in [9.17, 15) is 9.59 Å². The monoisotopic (exact) mass is 225 g/mol. The van der Waals surface area contributed by atoms with E-state index in [0.717, 1.165) is 0 Å². The highest BCUT2D eigenvalue weighted by Crippen LogP contribution is 2.09. The van der Waals surface area contributed by atoms with Gasteiger partial charge in [-0.15, -0.1) is 0 Å². The summed E-state index contributed by atoms with van der Waals surface area (Å²) in [5.41, 5.74) is -0.303. The van der Waals surface area contributed by atoms with Gasteiger partial charge in [-0.1, -0.05) is 13.8 Å². The highest BCUT2D eigenvalue weighted by Gasteiger charge is 2.21. The minimum Gasteiger partial charge on any atom is -0.480 e. The van der Waals surface area contributed by atoms with E-state index >= 15 is 0 Å². The van der Waals surface area contributed by atoms with Crippen LogP contribution in [-0.2, 0) is 4.79 Å². The Hall–Kier alpha value is -1.85. The molecule has 0 spiro atoms. The van der Waals surface area contributed by atoms with E-state index in [2.05, 4.69) is 15.3 Å². The Kier molecular flexibility index (Phi) is 3.65. The molecule has 0 aliphatic heterocycles. The molecule has 6 heteroatoms. The minimum absolute atomic E-state index is 0.0982. The number of carboxylic acid groups (broad SMARTS) is 1. The predicted molar refractivity (Wildman–Crippen MR) is 59.5 cm³/mol. The lowest BCUT2D eigenvalue weighted by Gasteiger charge is -2.18. The SMILES string of the molecule is Cc1nc(NC(C(=O)O)C(C)C)cc(=O)[nH]1. The molecule has 0 aliphatic carbocycles. The van der Waals surface area contributed by atoms with Crippen molar-refractivity contribution >= 4 is 11.8 Å². The van der Waals surface area contributed by atoms with E-state index < -0.39 is 12.0 Å². The molecular weight excluding hydrogens is 210 g/mol. The molecule has 0 saturated heterocycles. The van der Waals surface area contributed by atoms with Crippen LogP contribution < -0.4 is 10.9 Å². The fourth-order valence-corrected chi connectivity index (χ4v) is 1.33. The molecule has 88 valence electrons. The van der Waals surface area contributed by atoms with Gasteiger partial charge in [-0.3, -0.25) is 4.79 Å². The van der Waals surface area contributed by atoms with Gasteiger partial charge in [0.2, 0.25) is 0 Å². The van der Waals surface area contributed by atoms with Crippen molar-refractivity contribution in [3.8, 4) is 0 Å². The molecule has 6 nitrogen and oxygen atoms in total. The number of hydrogen-bond acceptors (Lipinski definition) is 4. The van der Waals surface area contributed by atoms with E-state index in [1.807, 2.05) is 0 Å². The zero-order chi connectivity index (χ0) is 12.3. The number of aliphatic carboxylic acids is 1. The number of aryl methyl sites for hydroxylation is 1. The molecule has 1 aromatic heterocycles. The summed E-state index contributed by atoms with van der Waals surface area (Å²) >= 11 is 0. The van der Waals surface area contributed by atoms with Gasteiger partial charge in [0, 0.05) is 6.07 Å². The van der Waals surface area contributed by atoms with Crippen molar-refractivity contribution < 1.29 is 9.90 Å². The summed E-state index contributed by atoms with van der Waals surface area (Å²) in [7, 11) is 0. The Morgan fingerprint density at radius 3 is 2.62 bits per heavy atom. The van der Waals surface area contributed by atoms with Gasteiger partial charge in [-0.25, -0.2) is 9.78 Å². The number of carboxylic acids is 1. The second-order valence-corrected chi connectivity index (χ2v) is 3.92. The summed E-state index contributed by atoms with van der Waals surface area (Å²) in [6.07, 6.45) is 0. The smallest absolute Gasteiger partial charge is 0.326 e. The summed E-state index contributed by atoms with van der Waals surface area (Å²) in [5.74, 6) is -0.334. The number of hydrogen-bond donors (Lipinski definition) is 3. The molecule has 0 saturated carbocycles. The van der Waals surface area contributed by atoms with E-state index in [1.165, 1.54) is 6.07 Å². The van der Waals surface area contributed by atoms with Crippen LogP contribution in [0.4, 0.5) is 5.82 Å². The average Bonchev–Trinajstić information content (AvgIpc) is 2.11. The first kappa shape index (κ1) is 12.2. The number of rotatable bonds is 4. The third-order valence-electron chi connectivity index (χ3n) is 2.10. The number of nitrogens with zero attached hydrogens (tertiary/aromatic N) is 1. The third kappa shape index (κ3) is 3.08. The molecule has 1 rings (SSSR count). The Morgan fingerprint density at radius 2 is 2.19 bits per heavy atom. The Morgan fingerprint density at radius 1 is 1.56 bits per heavy atom. The van der Waals surface area contributed by atoms with Gasteiger partial charge in [0.1, 0.15) is 17.7 Å². The summed E-state index contributed by atoms with van der Waals surface area (Å²) in [5, 5.41) is 11.7. The first-order valence-corrected chi connectivity index (χ1v) is 4.97. The molecule has 3 N–H and O–H groups in total. The van der Waals surface area contributed by atoms with Gasteiger partial charge in [0.05, 0.1) is 0 Å². The van der Waals surface area contributed by atoms with Crippen molar-refractivity contribution in [3.63, 3.8) is 0 Å². The second-order valence-electron chi connectivity index (χ2n) is 3.92. The number of aromatic amines is 1. The Labute approximate surface area is 92.7 Å². The lowest BCUT2D eigenvalue weighted by Crippen LogP contribution is -2.35. The van der Waals surface area contributed by atoms with E-state index in [0.29, 0.717) is 5.82 Å². The van der Waals surface area contributed by atoms with Crippen molar-refractivity contribution in [2.24, 2.45) is 5.92 Å². The van der Waals surface area contributed by atoms with Crippen LogP contribution in [0.1, 0.15) is 19.7 Å². The number of carbonyl (C=O) groups is 1. The van der Waals surface area contributed by atoms with Gasteiger partial charge in [0.25, 0.3) is 5.56 Å². The van der Waals surface area contributed by atoms with Gasteiger partial charge in [-0.05, 0) is 12.8 Å². The molecule has 16 heavy (non-hydrogen) atoms. The van der Waals surface area contributed by atoms with Crippen LogP contribution in [0.2, 0.25) is 0 Å². The highest BCUT2D eigenvalue weighted by atomic mass is 16.4. The van der Waals surface area contributed by atoms with Crippen LogP contribution in [0.15, 0.2) is 10.9 Å². The fourth-order valence-electron chi connectivity index (χ4n) is 1.33. The zero-order valence-electron chi connectivity index (χ0n) is 9.44. The topological polar surface area (TPSA) is 95.1 Å². The van der Waals surface area contributed by atoms with Crippen LogP contribution in [0.5, 0.6) is 0 Å². The number of nitrogens with one attached hydrogen (secondary N) is 2. The van der Waals surface area contributed by atoms with Crippen LogP contribution in [0.3, 0.4) is 0 Å². The fraction of sp³-hybridized carbons (Fsp3) is 0.500. The van der Waals surface area contributed by atoms with E-state index in [1.54, 1.807) is 20.8 Å². The van der Waals surface area contributed by atoms with Crippen molar-refractivity contribution in [3.05, 3.63) is 22.2 Å². The maximum Gasteiger partial charge on any atom is 0.326 e. The highest BCUT2D eigenvalue weighted by molar-refractivity contribution is 5.77. The first-order chi connectivity index (χ1) is 7.40.